The van der Waals surface area contributed by atoms with Gasteiger partial charge in [0.05, 0.1) is 12.3 Å². The molecule has 0 radical (unpaired) electrons. The van der Waals surface area contributed by atoms with Crippen LogP contribution in [0.3, 0.4) is 0 Å². The summed E-state index contributed by atoms with van der Waals surface area (Å²) in [5.41, 5.74) is 0.781. The van der Waals surface area contributed by atoms with Crippen LogP contribution in [0.2, 0.25) is 13.1 Å². The maximum atomic E-state index is 12.3. The van der Waals surface area contributed by atoms with Gasteiger partial charge in [-0.15, -0.1) is 0 Å². The number of hydrogen-bond acceptors (Lipinski definition) is 4. The van der Waals surface area contributed by atoms with Gasteiger partial charge in [-0.1, -0.05) is 54.7 Å². The molecule has 3 aromatic rings. The summed E-state index contributed by atoms with van der Waals surface area (Å²) in [5.74, 6) is 1.41. The molecule has 0 saturated carbocycles. The SMILES string of the molecule is C[Si](C)(COCc1cccc(Oc2ccccc2)n1)c1ccc(OC(F)F)cc1. The normalized spacial score (nSPS) is 11.5. The molecule has 0 bridgehead atoms. The average Bonchev–Trinajstić information content (AvgIpc) is 2.69. The summed E-state index contributed by atoms with van der Waals surface area (Å²) in [6, 6.07) is 21.9. The summed E-state index contributed by atoms with van der Waals surface area (Å²) in [4.78, 5) is 4.48. The van der Waals surface area contributed by atoms with Crippen molar-refractivity contribution in [3.8, 4) is 17.4 Å². The number of benzene rings is 2. The second-order valence-corrected chi connectivity index (χ2v) is 11.8. The number of ether oxygens (including phenoxy) is 3. The van der Waals surface area contributed by atoms with E-state index in [1.54, 1.807) is 18.2 Å². The van der Waals surface area contributed by atoms with Crippen LogP contribution in [0.25, 0.3) is 0 Å². The summed E-state index contributed by atoms with van der Waals surface area (Å²) < 4.78 is 40.7. The monoisotopic (exact) mass is 415 g/mol. The van der Waals surface area contributed by atoms with Crippen LogP contribution in [-0.2, 0) is 11.3 Å². The van der Waals surface area contributed by atoms with Crippen molar-refractivity contribution in [2.24, 2.45) is 0 Å². The average molecular weight is 416 g/mol. The Kier molecular flexibility index (Phi) is 6.95. The molecule has 0 N–H and O–H groups in total. The van der Waals surface area contributed by atoms with Crippen molar-refractivity contribution in [1.82, 2.24) is 4.98 Å². The number of para-hydroxylation sites is 1. The molecule has 0 unspecified atom stereocenters. The van der Waals surface area contributed by atoms with Crippen molar-refractivity contribution in [2.45, 2.75) is 26.3 Å². The molecule has 7 heteroatoms. The van der Waals surface area contributed by atoms with E-state index in [0.717, 1.165) is 16.6 Å². The van der Waals surface area contributed by atoms with Crippen LogP contribution in [-0.4, -0.2) is 25.9 Å². The Balaban J connectivity index is 1.55. The van der Waals surface area contributed by atoms with E-state index >= 15 is 0 Å². The number of hydrogen-bond donors (Lipinski definition) is 0. The second kappa shape index (κ2) is 9.62. The van der Waals surface area contributed by atoms with Gasteiger partial charge in [0.15, 0.2) is 0 Å². The number of alkyl halides is 2. The molecule has 2 aromatic carbocycles. The van der Waals surface area contributed by atoms with Crippen molar-refractivity contribution in [1.29, 1.82) is 0 Å². The van der Waals surface area contributed by atoms with Gasteiger partial charge in [0.25, 0.3) is 0 Å². The number of nitrogens with zero attached hydrogens (tertiary/aromatic N) is 1. The van der Waals surface area contributed by atoms with Gasteiger partial charge in [-0.2, -0.15) is 8.78 Å². The maximum absolute atomic E-state index is 12.3. The Hall–Kier alpha value is -2.77. The molecule has 0 saturated heterocycles. The first-order valence-corrected chi connectivity index (χ1v) is 12.4. The van der Waals surface area contributed by atoms with Crippen LogP contribution in [0.15, 0.2) is 72.8 Å². The van der Waals surface area contributed by atoms with E-state index in [4.69, 9.17) is 9.47 Å². The van der Waals surface area contributed by atoms with Gasteiger partial charge in [-0.05, 0) is 30.3 Å². The third kappa shape index (κ3) is 6.37. The van der Waals surface area contributed by atoms with E-state index in [1.807, 2.05) is 54.6 Å². The topological polar surface area (TPSA) is 40.6 Å². The molecule has 0 aliphatic heterocycles. The zero-order valence-corrected chi connectivity index (χ0v) is 17.3. The zero-order chi connectivity index (χ0) is 20.7. The van der Waals surface area contributed by atoms with E-state index in [-0.39, 0.29) is 5.75 Å². The van der Waals surface area contributed by atoms with Crippen LogP contribution < -0.4 is 14.7 Å². The highest BCUT2D eigenvalue weighted by Gasteiger charge is 2.24. The predicted octanol–water partition coefficient (Wildman–Crippen LogP) is 5.15. The highest BCUT2D eigenvalue weighted by molar-refractivity contribution is 6.89. The minimum atomic E-state index is -2.82. The van der Waals surface area contributed by atoms with E-state index in [2.05, 4.69) is 22.8 Å². The molecule has 0 spiro atoms. The molecule has 0 aliphatic rings. The predicted molar refractivity (Wildman–Crippen MR) is 111 cm³/mol. The van der Waals surface area contributed by atoms with Crippen LogP contribution in [0.1, 0.15) is 5.69 Å². The zero-order valence-electron chi connectivity index (χ0n) is 16.3. The Morgan fingerprint density at radius 1 is 0.862 bits per heavy atom. The van der Waals surface area contributed by atoms with Crippen molar-refractivity contribution in [3.05, 3.63) is 78.5 Å². The molecule has 0 atom stereocenters. The van der Waals surface area contributed by atoms with E-state index in [1.165, 1.54) is 0 Å². The molecule has 29 heavy (non-hydrogen) atoms. The van der Waals surface area contributed by atoms with Crippen molar-refractivity contribution < 1.29 is 23.0 Å². The first-order valence-electron chi connectivity index (χ1n) is 9.24. The molecule has 0 aliphatic carbocycles. The fraction of sp³-hybridized carbons (Fsp3) is 0.227. The molecular weight excluding hydrogens is 392 g/mol. The van der Waals surface area contributed by atoms with Crippen LogP contribution >= 0.6 is 0 Å². The highest BCUT2D eigenvalue weighted by atomic mass is 28.3. The Morgan fingerprint density at radius 3 is 2.28 bits per heavy atom. The summed E-state index contributed by atoms with van der Waals surface area (Å²) in [6.45, 7) is 1.88. The lowest BCUT2D eigenvalue weighted by atomic mass is 10.3. The van der Waals surface area contributed by atoms with Crippen molar-refractivity contribution in [3.63, 3.8) is 0 Å². The highest BCUT2D eigenvalue weighted by Crippen LogP contribution is 2.19. The lowest BCUT2D eigenvalue weighted by Gasteiger charge is -2.23. The lowest BCUT2D eigenvalue weighted by molar-refractivity contribution is -0.0498. The van der Waals surface area contributed by atoms with Gasteiger partial charge < -0.3 is 14.2 Å². The smallest absolute Gasteiger partial charge is 0.387 e. The Bertz CT molecular complexity index is 905. The molecular formula is C22H23F2NO3Si. The number of rotatable bonds is 9. The van der Waals surface area contributed by atoms with E-state index < -0.39 is 14.7 Å². The third-order valence-electron chi connectivity index (χ3n) is 4.32. The van der Waals surface area contributed by atoms with Crippen LogP contribution in [0, 0.1) is 0 Å². The number of pyridine rings is 1. The van der Waals surface area contributed by atoms with Crippen LogP contribution in [0.5, 0.6) is 17.4 Å². The largest absolute Gasteiger partial charge is 0.439 e. The molecule has 0 fully saturated rings. The molecule has 1 heterocycles. The van der Waals surface area contributed by atoms with Crippen molar-refractivity contribution in [2.75, 3.05) is 6.23 Å². The Labute approximate surface area is 170 Å². The van der Waals surface area contributed by atoms with Crippen molar-refractivity contribution >= 4 is 13.3 Å². The van der Waals surface area contributed by atoms with Gasteiger partial charge in [0.1, 0.15) is 19.6 Å². The number of aromatic nitrogens is 1. The Morgan fingerprint density at radius 2 is 1.59 bits per heavy atom. The number of halogens is 2. The van der Waals surface area contributed by atoms with Gasteiger partial charge in [-0.3, -0.25) is 0 Å². The van der Waals surface area contributed by atoms with E-state index in [9.17, 15) is 8.78 Å². The standard InChI is InChI=1S/C22H23F2NO3Si/c1-29(2,20-13-11-19(12-14-20)28-22(23)24)16-26-15-17-7-6-10-21(25-17)27-18-8-4-3-5-9-18/h3-14,22H,15-16H2,1-2H3. The summed E-state index contributed by atoms with van der Waals surface area (Å²) >= 11 is 0. The summed E-state index contributed by atoms with van der Waals surface area (Å²) in [6.07, 6.45) is 0.577. The van der Waals surface area contributed by atoms with Gasteiger partial charge in [0.2, 0.25) is 5.88 Å². The minimum Gasteiger partial charge on any atom is -0.439 e. The van der Waals surface area contributed by atoms with Gasteiger partial charge in [-0.25, -0.2) is 4.98 Å². The molecule has 1 aromatic heterocycles. The van der Waals surface area contributed by atoms with E-state index in [0.29, 0.717) is 18.7 Å². The van der Waals surface area contributed by atoms with Gasteiger partial charge in [0, 0.05) is 12.3 Å². The molecule has 3 rings (SSSR count). The van der Waals surface area contributed by atoms with Gasteiger partial charge >= 0.3 is 6.61 Å². The fourth-order valence-electron chi connectivity index (χ4n) is 2.79. The summed E-state index contributed by atoms with van der Waals surface area (Å²) in [7, 11) is -1.90. The molecule has 4 nitrogen and oxygen atoms in total. The maximum Gasteiger partial charge on any atom is 0.387 e. The van der Waals surface area contributed by atoms with Crippen LogP contribution in [0.4, 0.5) is 8.78 Å². The molecule has 0 amide bonds. The minimum absolute atomic E-state index is 0.161. The first-order chi connectivity index (χ1) is 13.9. The third-order valence-corrected chi connectivity index (χ3v) is 7.14. The quantitative estimate of drug-likeness (QED) is 0.454. The molecule has 152 valence electrons. The first kappa shape index (κ1) is 20.9. The fourth-order valence-corrected chi connectivity index (χ4v) is 4.63. The summed E-state index contributed by atoms with van der Waals surface area (Å²) in [5, 5.41) is 1.10. The lowest BCUT2D eigenvalue weighted by Crippen LogP contribution is -2.46. The second-order valence-electron chi connectivity index (χ2n) is 7.16.